The van der Waals surface area contributed by atoms with Crippen molar-refractivity contribution in [2.24, 2.45) is 0 Å². The van der Waals surface area contributed by atoms with Gasteiger partial charge >= 0.3 is 0 Å². The molecule has 2 rings (SSSR count). The van der Waals surface area contributed by atoms with E-state index in [1.54, 1.807) is 37.3 Å². The van der Waals surface area contributed by atoms with Crippen molar-refractivity contribution in [3.8, 4) is 11.5 Å². The number of benzene rings is 2. The van der Waals surface area contributed by atoms with Crippen LogP contribution in [0.15, 0.2) is 42.5 Å². The molecule has 0 atom stereocenters. The van der Waals surface area contributed by atoms with Gasteiger partial charge in [-0.05, 0) is 42.8 Å². The van der Waals surface area contributed by atoms with Gasteiger partial charge in [0.05, 0.1) is 11.0 Å². The number of non-ortho nitro benzene ring substituents is 1. The number of aryl methyl sites for hydroxylation is 1. The normalized spacial score (nSPS) is 10.1. The Morgan fingerprint density at radius 2 is 1.78 bits per heavy atom. The fourth-order valence-corrected chi connectivity index (χ4v) is 1.56. The first-order valence-corrected chi connectivity index (χ1v) is 5.34. The van der Waals surface area contributed by atoms with E-state index in [2.05, 4.69) is 0 Å². The molecule has 2 aromatic rings. The summed E-state index contributed by atoms with van der Waals surface area (Å²) in [6, 6.07) is 11.5. The van der Waals surface area contributed by atoms with Gasteiger partial charge in [-0.3, -0.25) is 10.1 Å². The second-order valence-electron chi connectivity index (χ2n) is 3.93. The summed E-state index contributed by atoms with van der Waals surface area (Å²) in [4.78, 5) is 10.3. The second kappa shape index (κ2) is 4.75. The van der Waals surface area contributed by atoms with Crippen LogP contribution in [-0.4, -0.2) is 4.92 Å². The molecule has 2 aromatic carbocycles. The van der Waals surface area contributed by atoms with Gasteiger partial charge in [0, 0.05) is 11.8 Å². The van der Waals surface area contributed by atoms with E-state index in [1.165, 1.54) is 12.1 Å². The highest BCUT2D eigenvalue weighted by atomic mass is 16.6. The lowest BCUT2D eigenvalue weighted by Crippen LogP contribution is -1.91. The molecule has 92 valence electrons. The van der Waals surface area contributed by atoms with Crippen LogP contribution < -0.4 is 10.5 Å². The summed E-state index contributed by atoms with van der Waals surface area (Å²) in [5.41, 5.74) is 6.99. The first-order chi connectivity index (χ1) is 8.54. The van der Waals surface area contributed by atoms with Gasteiger partial charge in [0.2, 0.25) is 0 Å². The molecule has 5 nitrogen and oxygen atoms in total. The van der Waals surface area contributed by atoms with Gasteiger partial charge in [0.15, 0.2) is 0 Å². The van der Waals surface area contributed by atoms with Crippen LogP contribution in [0.2, 0.25) is 0 Å². The van der Waals surface area contributed by atoms with Crippen LogP contribution >= 0.6 is 0 Å². The fraction of sp³-hybridized carbons (Fsp3) is 0.0769. The van der Waals surface area contributed by atoms with Gasteiger partial charge in [-0.25, -0.2) is 0 Å². The van der Waals surface area contributed by atoms with Crippen molar-refractivity contribution in [1.82, 2.24) is 0 Å². The molecule has 0 aromatic heterocycles. The van der Waals surface area contributed by atoms with Crippen molar-refractivity contribution in [3.63, 3.8) is 0 Å². The molecule has 0 bridgehead atoms. The van der Waals surface area contributed by atoms with Crippen molar-refractivity contribution in [2.45, 2.75) is 6.92 Å². The molecule has 0 spiro atoms. The maximum absolute atomic E-state index is 10.7. The van der Waals surface area contributed by atoms with E-state index >= 15 is 0 Å². The third kappa shape index (κ3) is 2.76. The van der Waals surface area contributed by atoms with Crippen LogP contribution in [0.1, 0.15) is 5.56 Å². The average Bonchev–Trinajstić information content (AvgIpc) is 2.31. The maximum atomic E-state index is 10.7. The maximum Gasteiger partial charge on any atom is 0.273 e. The number of nitrogens with zero attached hydrogens (tertiary/aromatic N) is 1. The second-order valence-corrected chi connectivity index (χ2v) is 3.93. The van der Waals surface area contributed by atoms with Gasteiger partial charge in [-0.2, -0.15) is 0 Å². The Morgan fingerprint density at radius 1 is 1.11 bits per heavy atom. The number of nitrogen functional groups attached to an aromatic ring is 1. The third-order valence-electron chi connectivity index (χ3n) is 2.36. The number of nitro groups is 1. The van der Waals surface area contributed by atoms with E-state index < -0.39 is 4.92 Å². The van der Waals surface area contributed by atoms with E-state index in [0.29, 0.717) is 17.2 Å². The minimum absolute atomic E-state index is 0.0143. The van der Waals surface area contributed by atoms with Crippen molar-refractivity contribution in [3.05, 3.63) is 58.1 Å². The van der Waals surface area contributed by atoms with Crippen LogP contribution in [0.3, 0.4) is 0 Å². The van der Waals surface area contributed by atoms with Gasteiger partial charge in [0.25, 0.3) is 5.69 Å². The van der Waals surface area contributed by atoms with E-state index in [0.717, 1.165) is 5.56 Å². The zero-order chi connectivity index (χ0) is 13.1. The molecular formula is C13H12N2O3. The van der Waals surface area contributed by atoms with Gasteiger partial charge in [0.1, 0.15) is 11.5 Å². The van der Waals surface area contributed by atoms with Gasteiger partial charge in [-0.15, -0.1) is 0 Å². The standard InChI is InChI=1S/C13H12N2O3/c1-9-6-11(15(16)17)8-13(7-9)18-12-4-2-10(14)3-5-12/h2-8H,14H2,1H3. The molecule has 0 radical (unpaired) electrons. The molecule has 0 aliphatic heterocycles. The van der Waals surface area contributed by atoms with Crippen molar-refractivity contribution >= 4 is 11.4 Å². The molecule has 18 heavy (non-hydrogen) atoms. The SMILES string of the molecule is Cc1cc(Oc2ccc(N)cc2)cc([N+](=O)[O-])c1. The Kier molecular flexibility index (Phi) is 3.14. The smallest absolute Gasteiger partial charge is 0.273 e. The molecule has 0 fully saturated rings. The molecule has 0 amide bonds. The van der Waals surface area contributed by atoms with E-state index in [4.69, 9.17) is 10.5 Å². The van der Waals surface area contributed by atoms with Crippen molar-refractivity contribution in [1.29, 1.82) is 0 Å². The molecule has 0 saturated heterocycles. The lowest BCUT2D eigenvalue weighted by Gasteiger charge is -2.06. The summed E-state index contributed by atoms with van der Waals surface area (Å²) >= 11 is 0. The molecule has 2 N–H and O–H groups in total. The first kappa shape index (κ1) is 11.9. The molecule has 0 aliphatic carbocycles. The predicted octanol–water partition coefficient (Wildman–Crippen LogP) is 3.28. The van der Waals surface area contributed by atoms with E-state index in [9.17, 15) is 10.1 Å². The topological polar surface area (TPSA) is 78.4 Å². The van der Waals surface area contributed by atoms with Crippen LogP contribution in [0.4, 0.5) is 11.4 Å². The number of rotatable bonds is 3. The number of ether oxygens (including phenoxy) is 1. The first-order valence-electron chi connectivity index (χ1n) is 5.34. The summed E-state index contributed by atoms with van der Waals surface area (Å²) < 4.78 is 5.54. The monoisotopic (exact) mass is 244 g/mol. The lowest BCUT2D eigenvalue weighted by atomic mass is 10.2. The van der Waals surface area contributed by atoms with Crippen molar-refractivity contribution < 1.29 is 9.66 Å². The van der Waals surface area contributed by atoms with Crippen molar-refractivity contribution in [2.75, 3.05) is 5.73 Å². The summed E-state index contributed by atoms with van der Waals surface area (Å²) in [6.07, 6.45) is 0. The largest absolute Gasteiger partial charge is 0.457 e. The number of hydrogen-bond acceptors (Lipinski definition) is 4. The number of nitrogens with two attached hydrogens (primary N) is 1. The minimum Gasteiger partial charge on any atom is -0.457 e. The number of hydrogen-bond donors (Lipinski definition) is 1. The minimum atomic E-state index is -0.442. The predicted molar refractivity (Wildman–Crippen MR) is 68.8 cm³/mol. The highest BCUT2D eigenvalue weighted by Gasteiger charge is 2.09. The molecular weight excluding hydrogens is 232 g/mol. The molecule has 0 aliphatic rings. The highest BCUT2D eigenvalue weighted by molar-refractivity contribution is 5.46. The number of anilines is 1. The van der Waals surface area contributed by atoms with Crippen LogP contribution in [-0.2, 0) is 0 Å². The average molecular weight is 244 g/mol. The molecule has 0 unspecified atom stereocenters. The quantitative estimate of drug-likeness (QED) is 0.510. The summed E-state index contributed by atoms with van der Waals surface area (Å²) in [5.74, 6) is 1.02. The zero-order valence-corrected chi connectivity index (χ0v) is 9.79. The third-order valence-corrected chi connectivity index (χ3v) is 2.36. The van der Waals surface area contributed by atoms with Crippen LogP contribution in [0.5, 0.6) is 11.5 Å². The van der Waals surface area contributed by atoms with Crippen LogP contribution in [0.25, 0.3) is 0 Å². The highest BCUT2D eigenvalue weighted by Crippen LogP contribution is 2.27. The summed E-state index contributed by atoms with van der Waals surface area (Å²) in [7, 11) is 0. The Balaban J connectivity index is 2.28. The van der Waals surface area contributed by atoms with E-state index in [1.807, 2.05) is 0 Å². The lowest BCUT2D eigenvalue weighted by molar-refractivity contribution is -0.385. The summed E-state index contributed by atoms with van der Waals surface area (Å²) in [5, 5.41) is 10.7. The fourth-order valence-electron chi connectivity index (χ4n) is 1.56. The Labute approximate surface area is 104 Å². The van der Waals surface area contributed by atoms with Gasteiger partial charge < -0.3 is 10.5 Å². The van der Waals surface area contributed by atoms with E-state index in [-0.39, 0.29) is 5.69 Å². The Bertz CT molecular complexity index is 579. The molecule has 0 heterocycles. The molecule has 5 heteroatoms. The zero-order valence-electron chi connectivity index (χ0n) is 9.79. The Hall–Kier alpha value is -2.56. The Morgan fingerprint density at radius 3 is 2.39 bits per heavy atom. The van der Waals surface area contributed by atoms with Gasteiger partial charge in [-0.1, -0.05) is 0 Å². The van der Waals surface area contributed by atoms with Crippen LogP contribution in [0, 0.1) is 17.0 Å². The summed E-state index contributed by atoms with van der Waals surface area (Å²) in [6.45, 7) is 1.78. The number of nitro benzene ring substituents is 1. The molecule has 0 saturated carbocycles.